The number of hydrogen-bond acceptors (Lipinski definition) is 8. The Hall–Kier alpha value is -1.19. The Morgan fingerprint density at radius 3 is 1.15 bits per heavy atom. The Labute approximate surface area is 73.4 Å². The molecule has 0 aromatic rings. The van der Waals surface area contributed by atoms with Crippen molar-refractivity contribution in [3.05, 3.63) is 0 Å². The van der Waals surface area contributed by atoms with E-state index in [1.165, 1.54) is 0 Å². The van der Waals surface area contributed by atoms with Crippen molar-refractivity contribution in [1.82, 2.24) is 0 Å². The first kappa shape index (κ1) is 14.3. The summed E-state index contributed by atoms with van der Waals surface area (Å²) in [6.07, 6.45) is -0.940. The molecule has 0 unspecified atom stereocenters. The van der Waals surface area contributed by atoms with E-state index in [0.29, 0.717) is 0 Å². The zero-order valence-corrected chi connectivity index (χ0v) is 6.90. The first-order chi connectivity index (χ1) is 5.63. The molecule has 0 N–H and O–H groups in total. The van der Waals surface area contributed by atoms with Crippen LogP contribution < -0.4 is 10.2 Å². The standard InChI is InChI=1S/C4H6O4.H2O4S/c5-3(6)1-2-4(7)8;1-5(2,3)4/h1-2H2,(H,5,6)(H,7,8);(H2,1,2,3,4)/p-4. The van der Waals surface area contributed by atoms with Gasteiger partial charge >= 0.3 is 0 Å². The maximum atomic E-state index is 9.50. The van der Waals surface area contributed by atoms with E-state index in [4.69, 9.17) is 17.5 Å². The van der Waals surface area contributed by atoms with E-state index in [9.17, 15) is 19.8 Å². The number of carbonyl (C=O) groups excluding carboxylic acids is 2. The second-order valence-corrected chi connectivity index (χ2v) is 2.47. The summed E-state index contributed by atoms with van der Waals surface area (Å²) in [7, 11) is -5.17. The molecule has 0 aliphatic heterocycles. The van der Waals surface area contributed by atoms with Gasteiger partial charge in [-0.25, -0.2) is 0 Å². The zero-order chi connectivity index (χ0) is 11.1. The fraction of sp³-hybridized carbons (Fsp3) is 0.500. The highest BCUT2D eigenvalue weighted by atomic mass is 32.3. The number of aliphatic carboxylic acids is 2. The van der Waals surface area contributed by atoms with Crippen LogP contribution in [0.2, 0.25) is 0 Å². The van der Waals surface area contributed by atoms with E-state index in [0.717, 1.165) is 0 Å². The Morgan fingerprint density at radius 2 is 1.08 bits per heavy atom. The van der Waals surface area contributed by atoms with Gasteiger partial charge in [0.1, 0.15) is 0 Å². The van der Waals surface area contributed by atoms with Crippen LogP contribution in [0.3, 0.4) is 0 Å². The van der Waals surface area contributed by atoms with Gasteiger partial charge < -0.3 is 28.9 Å². The van der Waals surface area contributed by atoms with Crippen molar-refractivity contribution in [3.8, 4) is 0 Å². The van der Waals surface area contributed by atoms with Gasteiger partial charge in [0.25, 0.3) is 0 Å². The van der Waals surface area contributed by atoms with Crippen LogP contribution in [-0.2, 0) is 20.0 Å². The maximum absolute atomic E-state index is 9.50. The van der Waals surface area contributed by atoms with Crippen LogP contribution >= 0.6 is 0 Å². The van der Waals surface area contributed by atoms with E-state index >= 15 is 0 Å². The van der Waals surface area contributed by atoms with Crippen molar-refractivity contribution >= 4 is 22.3 Å². The Morgan fingerprint density at radius 1 is 0.923 bits per heavy atom. The minimum Gasteiger partial charge on any atom is -0.759 e. The third-order valence-electron chi connectivity index (χ3n) is 0.533. The molecule has 0 spiro atoms. The molecule has 0 atom stereocenters. The molecule has 0 amide bonds. The second-order valence-electron chi connectivity index (χ2n) is 1.65. The smallest absolute Gasteiger partial charge is 0.0418 e. The lowest BCUT2D eigenvalue weighted by molar-refractivity contribution is -0.315. The minimum atomic E-state index is -5.17. The summed E-state index contributed by atoms with van der Waals surface area (Å²) in [6, 6.07) is 0. The van der Waals surface area contributed by atoms with Crippen LogP contribution in [0.5, 0.6) is 0 Å². The van der Waals surface area contributed by atoms with E-state index in [-0.39, 0.29) is 0 Å². The molecule has 8 nitrogen and oxygen atoms in total. The summed E-state index contributed by atoms with van der Waals surface area (Å²) in [5.41, 5.74) is 0. The molecule has 0 saturated heterocycles. The first-order valence-corrected chi connectivity index (χ1v) is 4.02. The third-order valence-corrected chi connectivity index (χ3v) is 0.533. The molecular weight excluding hydrogens is 208 g/mol. The zero-order valence-electron chi connectivity index (χ0n) is 6.09. The number of carboxylic acid groups (broad SMARTS) is 2. The molecule has 0 rings (SSSR count). The molecule has 0 bridgehead atoms. The molecule has 0 aromatic heterocycles. The Balaban J connectivity index is 0. The van der Waals surface area contributed by atoms with Crippen molar-refractivity contribution in [3.63, 3.8) is 0 Å². The van der Waals surface area contributed by atoms with Gasteiger partial charge in [-0.3, -0.25) is 8.42 Å². The summed E-state index contributed by atoms with van der Waals surface area (Å²) in [6.45, 7) is 0. The van der Waals surface area contributed by atoms with Crippen LogP contribution in [0, 0.1) is 0 Å². The number of carboxylic acids is 2. The van der Waals surface area contributed by atoms with E-state index in [1.807, 2.05) is 0 Å². The van der Waals surface area contributed by atoms with E-state index in [1.54, 1.807) is 0 Å². The summed E-state index contributed by atoms with van der Waals surface area (Å²) in [4.78, 5) is 19.0. The summed E-state index contributed by atoms with van der Waals surface area (Å²) in [5.74, 6) is -2.73. The molecule has 0 aliphatic carbocycles. The van der Waals surface area contributed by atoms with Crippen molar-refractivity contribution in [2.24, 2.45) is 0 Å². The van der Waals surface area contributed by atoms with Gasteiger partial charge in [0.2, 0.25) is 0 Å². The molecule has 13 heavy (non-hydrogen) atoms. The second kappa shape index (κ2) is 6.34. The van der Waals surface area contributed by atoms with Gasteiger partial charge in [0.05, 0.1) is 0 Å². The topological polar surface area (TPSA) is 161 Å². The van der Waals surface area contributed by atoms with Gasteiger partial charge in [-0.05, 0) is 12.8 Å². The Kier molecular flexibility index (Phi) is 6.99. The van der Waals surface area contributed by atoms with Gasteiger partial charge in [0, 0.05) is 22.3 Å². The molecule has 0 fully saturated rings. The van der Waals surface area contributed by atoms with E-state index < -0.39 is 35.2 Å². The Bertz CT molecular complexity index is 242. The molecule has 0 aromatic carbocycles. The predicted molar refractivity (Wildman–Crippen MR) is 29.7 cm³/mol. The number of rotatable bonds is 3. The average Bonchev–Trinajstić information content (AvgIpc) is 1.79. The van der Waals surface area contributed by atoms with Gasteiger partial charge in [-0.15, -0.1) is 0 Å². The lowest BCUT2D eigenvalue weighted by Gasteiger charge is -2.06. The van der Waals surface area contributed by atoms with Crippen molar-refractivity contribution in [1.29, 1.82) is 0 Å². The number of carbonyl (C=O) groups is 2. The summed E-state index contributed by atoms with van der Waals surface area (Å²) >= 11 is 0. The molecule has 9 heteroatoms. The SMILES string of the molecule is O=C([O-])CCC(=O)[O-].O=S(=O)([O-])[O-]. The number of hydrogen-bond donors (Lipinski definition) is 0. The lowest BCUT2D eigenvalue weighted by Crippen LogP contribution is -2.27. The van der Waals surface area contributed by atoms with Crippen LogP contribution in [0.15, 0.2) is 0 Å². The first-order valence-electron chi connectivity index (χ1n) is 2.69. The van der Waals surface area contributed by atoms with Crippen LogP contribution in [0.4, 0.5) is 0 Å². The fourth-order valence-corrected chi connectivity index (χ4v) is 0.204. The monoisotopic (exact) mass is 212 g/mol. The normalized spacial score (nSPS) is 9.69. The molecule has 0 saturated carbocycles. The van der Waals surface area contributed by atoms with Crippen LogP contribution in [-0.4, -0.2) is 29.5 Å². The average molecular weight is 212 g/mol. The van der Waals surface area contributed by atoms with E-state index in [2.05, 4.69) is 0 Å². The molecule has 0 aliphatic rings. The highest BCUT2D eigenvalue weighted by Gasteiger charge is 1.85. The summed E-state index contributed by atoms with van der Waals surface area (Å²) < 4.78 is 34.1. The van der Waals surface area contributed by atoms with Crippen LogP contribution in [0.25, 0.3) is 0 Å². The predicted octanol–water partition coefficient (Wildman–Crippen LogP) is -4.07. The lowest BCUT2D eigenvalue weighted by atomic mass is 10.3. The van der Waals surface area contributed by atoms with Crippen LogP contribution in [0.1, 0.15) is 12.8 Å². The van der Waals surface area contributed by atoms with Crippen molar-refractivity contribution in [2.45, 2.75) is 12.8 Å². The van der Waals surface area contributed by atoms with Gasteiger partial charge in [-0.1, -0.05) is 0 Å². The highest BCUT2D eigenvalue weighted by Crippen LogP contribution is 1.81. The minimum absolute atomic E-state index is 0.470. The van der Waals surface area contributed by atoms with Crippen molar-refractivity contribution in [2.75, 3.05) is 0 Å². The van der Waals surface area contributed by atoms with Gasteiger partial charge in [0.15, 0.2) is 0 Å². The molecular formula is C4H4O8S-4. The largest absolute Gasteiger partial charge is 0.759 e. The maximum Gasteiger partial charge on any atom is 0.0418 e. The molecule has 78 valence electrons. The summed E-state index contributed by atoms with van der Waals surface area (Å²) in [5, 5.41) is 19.0. The van der Waals surface area contributed by atoms with Gasteiger partial charge in [-0.2, -0.15) is 0 Å². The van der Waals surface area contributed by atoms with Crippen molar-refractivity contribution < 1.29 is 37.3 Å². The highest BCUT2D eigenvalue weighted by molar-refractivity contribution is 7.79. The third kappa shape index (κ3) is 57.8. The molecule has 0 radical (unpaired) electrons. The quantitative estimate of drug-likeness (QED) is 0.337. The fourth-order valence-electron chi connectivity index (χ4n) is 0.204. The molecule has 0 heterocycles.